The fourth-order valence-corrected chi connectivity index (χ4v) is 1.56. The van der Waals surface area contributed by atoms with Crippen molar-refractivity contribution in [2.75, 3.05) is 5.75 Å². The van der Waals surface area contributed by atoms with Crippen molar-refractivity contribution in [3.8, 4) is 0 Å². The van der Waals surface area contributed by atoms with Crippen LogP contribution in [0.15, 0.2) is 12.4 Å². The first-order chi connectivity index (χ1) is 5.99. The maximum absolute atomic E-state index is 10.4. The first kappa shape index (κ1) is 13.4. The number of hydrogen-bond acceptors (Lipinski definition) is 3. The van der Waals surface area contributed by atoms with Gasteiger partial charge in [0.25, 0.3) is 10.1 Å². The van der Waals surface area contributed by atoms with Crippen molar-refractivity contribution in [1.82, 2.24) is 9.55 Å². The van der Waals surface area contributed by atoms with E-state index in [1.807, 2.05) is 11.6 Å². The molecule has 0 amide bonds. The molecule has 82 valence electrons. The lowest BCUT2D eigenvalue weighted by Crippen LogP contribution is -2.06. The Balaban J connectivity index is 0.00000169. The lowest BCUT2D eigenvalue weighted by atomic mass is 10.3. The summed E-state index contributed by atoms with van der Waals surface area (Å²) in [4.78, 5) is 4.02. The number of aryl methyl sites for hydroxylation is 2. The van der Waals surface area contributed by atoms with Crippen LogP contribution in [0.1, 0.15) is 12.2 Å². The minimum atomic E-state index is -3.83. The van der Waals surface area contributed by atoms with Crippen molar-refractivity contribution >= 4 is 22.5 Å². The van der Waals surface area contributed by atoms with Crippen LogP contribution in [-0.4, -0.2) is 28.3 Å². The Morgan fingerprint density at radius 2 is 2.21 bits per heavy atom. The van der Waals surface area contributed by atoms with Crippen LogP contribution in [0.5, 0.6) is 0 Å². The summed E-state index contributed by atoms with van der Waals surface area (Å²) in [5.41, 5.74) is 0. The molecule has 0 unspecified atom stereocenters. The van der Waals surface area contributed by atoms with Crippen LogP contribution < -0.4 is 0 Å². The van der Waals surface area contributed by atoms with Crippen molar-refractivity contribution in [3.63, 3.8) is 0 Å². The highest BCUT2D eigenvalue weighted by Gasteiger charge is 2.05. The normalized spacial score (nSPS) is 11.0. The van der Waals surface area contributed by atoms with E-state index >= 15 is 0 Å². The second kappa shape index (κ2) is 5.33. The fourth-order valence-electron chi connectivity index (χ4n) is 1.05. The number of imidazole rings is 1. The molecular weight excluding hydrogens is 228 g/mol. The molecule has 1 N–H and O–H groups in total. The zero-order valence-corrected chi connectivity index (χ0v) is 9.38. The molecule has 1 aromatic rings. The fraction of sp³-hybridized carbons (Fsp3) is 0.571. The second-order valence-corrected chi connectivity index (χ2v) is 4.42. The summed E-state index contributed by atoms with van der Waals surface area (Å²) in [7, 11) is -1.98. The zero-order chi connectivity index (χ0) is 9.90. The molecule has 0 saturated heterocycles. The molecule has 0 saturated carbocycles. The first-order valence-corrected chi connectivity index (χ1v) is 5.51. The summed E-state index contributed by atoms with van der Waals surface area (Å²) in [5.74, 6) is 0.614. The van der Waals surface area contributed by atoms with Crippen LogP contribution in [0.3, 0.4) is 0 Å². The highest BCUT2D eigenvalue weighted by atomic mass is 35.5. The van der Waals surface area contributed by atoms with E-state index in [1.165, 1.54) is 0 Å². The maximum atomic E-state index is 10.4. The van der Waals surface area contributed by atoms with Gasteiger partial charge in [0.1, 0.15) is 5.82 Å². The molecule has 5 nitrogen and oxygen atoms in total. The van der Waals surface area contributed by atoms with E-state index in [2.05, 4.69) is 4.98 Å². The van der Waals surface area contributed by atoms with Crippen LogP contribution in [0.2, 0.25) is 0 Å². The zero-order valence-electron chi connectivity index (χ0n) is 7.75. The third-order valence-electron chi connectivity index (χ3n) is 1.72. The Hall–Kier alpha value is -0.590. The van der Waals surface area contributed by atoms with Crippen molar-refractivity contribution in [2.24, 2.45) is 7.05 Å². The molecule has 0 aromatic carbocycles. The first-order valence-electron chi connectivity index (χ1n) is 3.90. The van der Waals surface area contributed by atoms with Gasteiger partial charge in [0.05, 0.1) is 5.75 Å². The monoisotopic (exact) mass is 240 g/mol. The SMILES string of the molecule is Cl.Cn1ccnc1CCCS(=O)(=O)O. The van der Waals surface area contributed by atoms with Gasteiger partial charge < -0.3 is 4.57 Å². The van der Waals surface area contributed by atoms with E-state index in [0.717, 1.165) is 5.82 Å². The minimum Gasteiger partial charge on any atom is -0.338 e. The number of rotatable bonds is 4. The molecule has 0 aliphatic heterocycles. The van der Waals surface area contributed by atoms with Gasteiger partial charge in [-0.2, -0.15) is 8.42 Å². The van der Waals surface area contributed by atoms with Crippen LogP contribution in [-0.2, 0) is 23.6 Å². The third kappa shape index (κ3) is 4.59. The number of nitrogens with zero attached hydrogens (tertiary/aromatic N) is 2. The molecule has 0 spiro atoms. The van der Waals surface area contributed by atoms with Crippen molar-refractivity contribution in [1.29, 1.82) is 0 Å². The summed E-state index contributed by atoms with van der Waals surface area (Å²) in [6, 6.07) is 0. The molecule has 0 bridgehead atoms. The Morgan fingerprint density at radius 1 is 1.57 bits per heavy atom. The Morgan fingerprint density at radius 3 is 2.64 bits per heavy atom. The molecule has 1 heterocycles. The van der Waals surface area contributed by atoms with Crippen LogP contribution in [0.25, 0.3) is 0 Å². The molecule has 0 aliphatic carbocycles. The third-order valence-corrected chi connectivity index (χ3v) is 2.53. The van der Waals surface area contributed by atoms with E-state index in [0.29, 0.717) is 12.8 Å². The molecular formula is C7H13ClN2O3S. The molecule has 0 radical (unpaired) electrons. The topological polar surface area (TPSA) is 72.2 Å². The maximum Gasteiger partial charge on any atom is 0.264 e. The highest BCUT2D eigenvalue weighted by Crippen LogP contribution is 2.00. The van der Waals surface area contributed by atoms with Crippen molar-refractivity contribution < 1.29 is 13.0 Å². The van der Waals surface area contributed by atoms with E-state index in [-0.39, 0.29) is 18.2 Å². The van der Waals surface area contributed by atoms with E-state index in [9.17, 15) is 8.42 Å². The standard InChI is InChI=1S/C7H12N2O3S.ClH/c1-9-5-4-8-7(9)3-2-6-13(10,11)12;/h4-5H,2-3,6H2,1H3,(H,10,11,12);1H. The Labute approximate surface area is 89.3 Å². The van der Waals surface area contributed by atoms with Gasteiger partial charge in [-0.25, -0.2) is 4.98 Å². The quantitative estimate of drug-likeness (QED) is 0.785. The summed E-state index contributed by atoms with van der Waals surface area (Å²) in [5, 5.41) is 0. The summed E-state index contributed by atoms with van der Waals surface area (Å²) < 4.78 is 31.0. The lowest BCUT2D eigenvalue weighted by Gasteiger charge is -1.99. The molecule has 1 rings (SSSR count). The minimum absolute atomic E-state index is 0. The van der Waals surface area contributed by atoms with Gasteiger partial charge in [0.15, 0.2) is 0 Å². The van der Waals surface area contributed by atoms with Crippen LogP contribution >= 0.6 is 12.4 Å². The van der Waals surface area contributed by atoms with Gasteiger partial charge in [-0.3, -0.25) is 4.55 Å². The van der Waals surface area contributed by atoms with Gasteiger partial charge in [0, 0.05) is 25.9 Å². The largest absolute Gasteiger partial charge is 0.338 e. The van der Waals surface area contributed by atoms with E-state index < -0.39 is 10.1 Å². The van der Waals surface area contributed by atoms with Crippen molar-refractivity contribution in [3.05, 3.63) is 18.2 Å². The summed E-state index contributed by atoms with van der Waals surface area (Å²) in [6.45, 7) is 0. The van der Waals surface area contributed by atoms with E-state index in [1.54, 1.807) is 12.4 Å². The van der Waals surface area contributed by atoms with E-state index in [4.69, 9.17) is 4.55 Å². The smallest absolute Gasteiger partial charge is 0.264 e. The Kier molecular flexibility index (Phi) is 5.11. The predicted molar refractivity (Wildman–Crippen MR) is 55.2 cm³/mol. The van der Waals surface area contributed by atoms with Gasteiger partial charge in [-0.1, -0.05) is 0 Å². The number of halogens is 1. The van der Waals surface area contributed by atoms with Crippen LogP contribution in [0.4, 0.5) is 0 Å². The molecule has 0 aliphatic rings. The second-order valence-electron chi connectivity index (χ2n) is 2.84. The van der Waals surface area contributed by atoms with Gasteiger partial charge in [0.2, 0.25) is 0 Å². The molecule has 0 atom stereocenters. The average molecular weight is 241 g/mol. The molecule has 1 aromatic heterocycles. The predicted octanol–water partition coefficient (Wildman–Crippen LogP) is 0.662. The van der Waals surface area contributed by atoms with Crippen molar-refractivity contribution in [2.45, 2.75) is 12.8 Å². The highest BCUT2D eigenvalue weighted by molar-refractivity contribution is 7.85. The summed E-state index contributed by atoms with van der Waals surface area (Å²) in [6.07, 6.45) is 4.40. The number of hydrogen-bond donors (Lipinski definition) is 1. The van der Waals surface area contributed by atoms with Gasteiger partial charge in [-0.05, 0) is 6.42 Å². The molecule has 14 heavy (non-hydrogen) atoms. The number of aromatic nitrogens is 2. The summed E-state index contributed by atoms with van der Waals surface area (Å²) >= 11 is 0. The van der Waals surface area contributed by atoms with Gasteiger partial charge >= 0.3 is 0 Å². The Bertz CT molecular complexity index is 374. The lowest BCUT2D eigenvalue weighted by molar-refractivity contribution is 0.480. The molecule has 0 fully saturated rings. The molecule has 7 heteroatoms. The van der Waals surface area contributed by atoms with Crippen LogP contribution in [0, 0.1) is 0 Å². The average Bonchev–Trinajstić information content (AvgIpc) is 2.34. The van der Waals surface area contributed by atoms with Gasteiger partial charge in [-0.15, -0.1) is 12.4 Å².